The highest BCUT2D eigenvalue weighted by Crippen LogP contribution is 2.20. The summed E-state index contributed by atoms with van der Waals surface area (Å²) in [6.45, 7) is 5.80. The Morgan fingerprint density at radius 1 is 1.50 bits per heavy atom. The predicted molar refractivity (Wildman–Crippen MR) is 60.9 cm³/mol. The van der Waals surface area contributed by atoms with E-state index in [4.69, 9.17) is 0 Å². The van der Waals surface area contributed by atoms with Gasteiger partial charge in [-0.05, 0) is 29.8 Å². The largest absolute Gasteiger partial charge is 0.267 e. The van der Waals surface area contributed by atoms with Crippen molar-refractivity contribution in [2.75, 3.05) is 14.1 Å². The highest BCUT2D eigenvalue weighted by atomic mass is 79.9. The van der Waals surface area contributed by atoms with Crippen LogP contribution in [0.2, 0.25) is 0 Å². The molecule has 0 unspecified atom stereocenters. The first-order chi connectivity index (χ1) is 6.56. The third-order valence-corrected chi connectivity index (χ3v) is 3.05. The van der Waals surface area contributed by atoms with Gasteiger partial charge in [0.15, 0.2) is 0 Å². The molecule has 0 atom stereocenters. The maximum Gasteiger partial charge on any atom is 0.0739 e. The lowest BCUT2D eigenvalue weighted by Gasteiger charge is -2.12. The number of nitrogens with one attached hydrogen (secondary N) is 1. The summed E-state index contributed by atoms with van der Waals surface area (Å²) in [6, 6.07) is 0. The SMILES string of the molecule is CCn1nc(C)c(Br)c1CNN(C)C. The van der Waals surface area contributed by atoms with E-state index in [0.717, 1.165) is 23.3 Å². The molecule has 80 valence electrons. The second-order valence-corrected chi connectivity index (χ2v) is 4.18. The van der Waals surface area contributed by atoms with Gasteiger partial charge in [0.1, 0.15) is 0 Å². The Morgan fingerprint density at radius 2 is 2.14 bits per heavy atom. The topological polar surface area (TPSA) is 33.1 Å². The van der Waals surface area contributed by atoms with Crippen LogP contribution in [0.3, 0.4) is 0 Å². The minimum absolute atomic E-state index is 0.794. The Balaban J connectivity index is 2.82. The number of nitrogens with zero attached hydrogens (tertiary/aromatic N) is 3. The zero-order chi connectivity index (χ0) is 10.7. The van der Waals surface area contributed by atoms with E-state index in [2.05, 4.69) is 33.4 Å². The molecule has 1 aromatic heterocycles. The molecule has 0 radical (unpaired) electrons. The molecule has 1 rings (SSSR count). The number of hydrogen-bond acceptors (Lipinski definition) is 3. The minimum atomic E-state index is 0.794. The van der Waals surface area contributed by atoms with Gasteiger partial charge in [0, 0.05) is 20.6 Å². The van der Waals surface area contributed by atoms with E-state index >= 15 is 0 Å². The van der Waals surface area contributed by atoms with E-state index in [9.17, 15) is 0 Å². The first-order valence-corrected chi connectivity index (χ1v) is 5.48. The molecule has 0 fully saturated rings. The number of aromatic nitrogens is 2. The van der Waals surface area contributed by atoms with Crippen molar-refractivity contribution in [2.45, 2.75) is 26.9 Å². The zero-order valence-electron chi connectivity index (χ0n) is 9.13. The van der Waals surface area contributed by atoms with Crippen LogP contribution in [0.25, 0.3) is 0 Å². The van der Waals surface area contributed by atoms with Crippen LogP contribution in [0, 0.1) is 6.92 Å². The Hall–Kier alpha value is -0.390. The van der Waals surface area contributed by atoms with E-state index in [1.54, 1.807) is 0 Å². The van der Waals surface area contributed by atoms with Crippen molar-refractivity contribution < 1.29 is 0 Å². The fraction of sp³-hybridized carbons (Fsp3) is 0.667. The van der Waals surface area contributed by atoms with Crippen LogP contribution in [-0.2, 0) is 13.1 Å². The summed E-state index contributed by atoms with van der Waals surface area (Å²) < 4.78 is 3.12. The highest BCUT2D eigenvalue weighted by Gasteiger charge is 2.11. The maximum atomic E-state index is 4.42. The van der Waals surface area contributed by atoms with Crippen molar-refractivity contribution in [3.63, 3.8) is 0 Å². The number of halogens is 1. The average molecular weight is 261 g/mol. The summed E-state index contributed by atoms with van der Waals surface area (Å²) in [6.07, 6.45) is 0. The van der Waals surface area contributed by atoms with Crippen LogP contribution in [-0.4, -0.2) is 28.9 Å². The van der Waals surface area contributed by atoms with Crippen LogP contribution < -0.4 is 5.43 Å². The Bertz CT molecular complexity index is 306. The average Bonchev–Trinajstić information content (AvgIpc) is 2.40. The summed E-state index contributed by atoms with van der Waals surface area (Å²) in [7, 11) is 3.96. The number of hydrazine groups is 1. The zero-order valence-corrected chi connectivity index (χ0v) is 10.7. The number of hydrogen-bond donors (Lipinski definition) is 1. The number of aryl methyl sites for hydroxylation is 2. The monoisotopic (exact) mass is 260 g/mol. The van der Waals surface area contributed by atoms with E-state index in [1.165, 1.54) is 5.69 Å². The standard InChI is InChI=1S/C9H17BrN4/c1-5-14-8(6-11-13(3)4)9(10)7(2)12-14/h11H,5-6H2,1-4H3. The van der Waals surface area contributed by atoms with Gasteiger partial charge in [0.25, 0.3) is 0 Å². The van der Waals surface area contributed by atoms with E-state index in [-0.39, 0.29) is 0 Å². The Morgan fingerprint density at radius 3 is 2.64 bits per heavy atom. The quantitative estimate of drug-likeness (QED) is 0.834. The molecular formula is C9H17BrN4. The first-order valence-electron chi connectivity index (χ1n) is 4.68. The van der Waals surface area contributed by atoms with Crippen LogP contribution in [0.1, 0.15) is 18.3 Å². The van der Waals surface area contributed by atoms with Gasteiger partial charge in [0.2, 0.25) is 0 Å². The summed E-state index contributed by atoms with van der Waals surface area (Å²) >= 11 is 3.55. The summed E-state index contributed by atoms with van der Waals surface area (Å²) in [5, 5.41) is 6.36. The molecule has 0 spiro atoms. The lowest BCUT2D eigenvalue weighted by Crippen LogP contribution is -2.30. The van der Waals surface area contributed by atoms with Crippen LogP contribution in [0.15, 0.2) is 4.47 Å². The van der Waals surface area contributed by atoms with E-state index in [0.29, 0.717) is 0 Å². The van der Waals surface area contributed by atoms with Crippen molar-refractivity contribution in [1.29, 1.82) is 0 Å². The molecule has 14 heavy (non-hydrogen) atoms. The fourth-order valence-corrected chi connectivity index (χ4v) is 1.70. The van der Waals surface area contributed by atoms with Crippen LogP contribution in [0.4, 0.5) is 0 Å². The molecule has 0 saturated heterocycles. The molecule has 1 N–H and O–H groups in total. The summed E-state index contributed by atoms with van der Waals surface area (Å²) in [4.78, 5) is 0. The molecule has 4 nitrogen and oxygen atoms in total. The van der Waals surface area contributed by atoms with Gasteiger partial charge < -0.3 is 0 Å². The second kappa shape index (κ2) is 4.91. The summed E-state index contributed by atoms with van der Waals surface area (Å²) in [5.74, 6) is 0. The number of rotatable bonds is 4. The third-order valence-electron chi connectivity index (χ3n) is 2.02. The van der Waals surface area contributed by atoms with Crippen molar-refractivity contribution in [1.82, 2.24) is 20.2 Å². The molecule has 0 amide bonds. The van der Waals surface area contributed by atoms with Gasteiger partial charge in [-0.1, -0.05) is 0 Å². The second-order valence-electron chi connectivity index (χ2n) is 3.39. The van der Waals surface area contributed by atoms with Gasteiger partial charge in [-0.2, -0.15) is 5.10 Å². The first kappa shape index (κ1) is 11.7. The van der Waals surface area contributed by atoms with Gasteiger partial charge in [0.05, 0.1) is 22.4 Å². The smallest absolute Gasteiger partial charge is 0.0739 e. The van der Waals surface area contributed by atoms with Gasteiger partial charge in [-0.25, -0.2) is 5.43 Å². The van der Waals surface area contributed by atoms with Crippen molar-refractivity contribution >= 4 is 15.9 Å². The molecule has 0 aliphatic heterocycles. The minimum Gasteiger partial charge on any atom is -0.267 e. The molecule has 0 bridgehead atoms. The molecule has 0 aliphatic rings. The molecule has 0 aromatic carbocycles. The van der Waals surface area contributed by atoms with Gasteiger partial charge in [-0.3, -0.25) is 9.69 Å². The normalized spacial score (nSPS) is 11.3. The van der Waals surface area contributed by atoms with Crippen molar-refractivity contribution in [2.24, 2.45) is 0 Å². The van der Waals surface area contributed by atoms with Gasteiger partial charge >= 0.3 is 0 Å². The molecule has 1 heterocycles. The van der Waals surface area contributed by atoms with Crippen LogP contribution in [0.5, 0.6) is 0 Å². The van der Waals surface area contributed by atoms with E-state index < -0.39 is 0 Å². The van der Waals surface area contributed by atoms with Gasteiger partial charge in [-0.15, -0.1) is 0 Å². The van der Waals surface area contributed by atoms with Crippen LogP contribution >= 0.6 is 15.9 Å². The lowest BCUT2D eigenvalue weighted by molar-refractivity contribution is 0.280. The van der Waals surface area contributed by atoms with E-state index in [1.807, 2.05) is 30.7 Å². The Kier molecular flexibility index (Phi) is 4.10. The molecule has 0 saturated carbocycles. The highest BCUT2D eigenvalue weighted by molar-refractivity contribution is 9.10. The molecular weight excluding hydrogens is 244 g/mol. The third kappa shape index (κ3) is 2.56. The van der Waals surface area contributed by atoms with Crippen molar-refractivity contribution in [3.8, 4) is 0 Å². The predicted octanol–water partition coefficient (Wildman–Crippen LogP) is 1.54. The maximum absolute atomic E-state index is 4.42. The summed E-state index contributed by atoms with van der Waals surface area (Å²) in [5.41, 5.74) is 5.47. The molecule has 5 heteroatoms. The fourth-order valence-electron chi connectivity index (χ4n) is 1.27. The molecule has 0 aliphatic carbocycles. The Labute approximate surface area is 93.4 Å². The lowest BCUT2D eigenvalue weighted by atomic mass is 10.3. The van der Waals surface area contributed by atoms with Crippen molar-refractivity contribution in [3.05, 3.63) is 15.9 Å². The molecule has 1 aromatic rings.